The summed E-state index contributed by atoms with van der Waals surface area (Å²) in [6, 6.07) is 4.41. The summed E-state index contributed by atoms with van der Waals surface area (Å²) < 4.78 is 13.0. The monoisotopic (exact) mass is 281 g/mol. The van der Waals surface area contributed by atoms with Gasteiger partial charge in [-0.2, -0.15) is 0 Å². The summed E-state index contributed by atoms with van der Waals surface area (Å²) in [6.45, 7) is 8.76. The molecule has 0 aromatic heterocycles. The second-order valence-corrected chi connectivity index (χ2v) is 6.24. The molecule has 0 spiro atoms. The lowest BCUT2D eigenvalue weighted by Crippen LogP contribution is -2.43. The summed E-state index contributed by atoms with van der Waals surface area (Å²) in [4.78, 5) is 14.0. The molecule has 0 saturated carbocycles. The van der Waals surface area contributed by atoms with E-state index in [0.717, 1.165) is 0 Å². The summed E-state index contributed by atoms with van der Waals surface area (Å²) in [5.41, 5.74) is 6.09. The number of nitrogen functional groups attached to an aromatic ring is 1. The summed E-state index contributed by atoms with van der Waals surface area (Å²) >= 11 is 0. The van der Waals surface area contributed by atoms with Crippen LogP contribution >= 0.6 is 0 Å². The largest absolute Gasteiger partial charge is 0.396 e. The fourth-order valence-electron chi connectivity index (χ4n) is 1.85. The molecule has 1 aromatic carbocycles. The summed E-state index contributed by atoms with van der Waals surface area (Å²) in [6.07, 6.45) is 0. The molecule has 0 saturated heterocycles. The molecule has 0 bridgehead atoms. The Balaban J connectivity index is 2.61. The number of likely N-dealkylation sites (N-methyl/N-ethyl adjacent to an activating group) is 1. The van der Waals surface area contributed by atoms with Crippen molar-refractivity contribution in [3.8, 4) is 0 Å². The van der Waals surface area contributed by atoms with E-state index in [1.165, 1.54) is 18.2 Å². The predicted octanol–water partition coefficient (Wildman–Crippen LogP) is 2.71. The van der Waals surface area contributed by atoms with Crippen molar-refractivity contribution in [3.05, 3.63) is 24.0 Å². The van der Waals surface area contributed by atoms with E-state index in [1.807, 2.05) is 11.9 Å². The zero-order valence-electron chi connectivity index (χ0n) is 12.8. The van der Waals surface area contributed by atoms with Gasteiger partial charge in [-0.05, 0) is 37.6 Å². The summed E-state index contributed by atoms with van der Waals surface area (Å²) in [5, 5.41) is 2.72. The number of anilines is 2. The first-order valence-corrected chi connectivity index (χ1v) is 6.66. The van der Waals surface area contributed by atoms with Gasteiger partial charge in [0.25, 0.3) is 0 Å². The van der Waals surface area contributed by atoms with E-state index >= 15 is 0 Å². The van der Waals surface area contributed by atoms with Gasteiger partial charge >= 0.3 is 0 Å². The molecule has 0 aliphatic heterocycles. The molecule has 0 aliphatic rings. The van der Waals surface area contributed by atoms with Gasteiger partial charge in [0, 0.05) is 11.7 Å². The Kier molecular flexibility index (Phi) is 5.11. The van der Waals surface area contributed by atoms with Gasteiger partial charge in [-0.25, -0.2) is 4.39 Å². The maximum absolute atomic E-state index is 13.0. The van der Waals surface area contributed by atoms with Crippen LogP contribution in [0.2, 0.25) is 0 Å². The van der Waals surface area contributed by atoms with Crippen molar-refractivity contribution >= 4 is 17.3 Å². The molecule has 0 heterocycles. The third-order valence-electron chi connectivity index (χ3n) is 3.59. The number of nitrogens with two attached hydrogens (primary N) is 1. The number of halogens is 1. The molecule has 0 radical (unpaired) electrons. The van der Waals surface area contributed by atoms with Crippen molar-refractivity contribution in [2.24, 2.45) is 5.41 Å². The number of benzene rings is 1. The van der Waals surface area contributed by atoms with Crippen LogP contribution < -0.4 is 11.1 Å². The molecule has 1 unspecified atom stereocenters. The molecule has 0 fully saturated rings. The maximum Gasteiger partial charge on any atom is 0.238 e. The van der Waals surface area contributed by atoms with E-state index in [-0.39, 0.29) is 29.6 Å². The molecule has 1 amide bonds. The normalized spacial score (nSPS) is 13.3. The maximum atomic E-state index is 13.0. The third-order valence-corrected chi connectivity index (χ3v) is 3.59. The Hall–Kier alpha value is -1.62. The molecular formula is C15H24FN3O. The zero-order chi connectivity index (χ0) is 15.5. The van der Waals surface area contributed by atoms with E-state index in [9.17, 15) is 9.18 Å². The molecule has 1 atom stereocenters. The standard InChI is InChI=1S/C15H24FN3O/c1-10(15(2,3)4)19(5)9-14(20)18-11-6-7-12(16)13(17)8-11/h6-8,10H,9,17H2,1-5H3,(H,18,20). The van der Waals surface area contributed by atoms with Crippen LogP contribution in [-0.2, 0) is 4.79 Å². The number of amides is 1. The van der Waals surface area contributed by atoms with Gasteiger partial charge < -0.3 is 11.1 Å². The van der Waals surface area contributed by atoms with Crippen LogP contribution in [0.5, 0.6) is 0 Å². The molecule has 20 heavy (non-hydrogen) atoms. The van der Waals surface area contributed by atoms with Crippen LogP contribution in [0.1, 0.15) is 27.7 Å². The first kappa shape index (κ1) is 16.4. The number of hydrogen-bond donors (Lipinski definition) is 2. The van der Waals surface area contributed by atoms with Crippen LogP contribution in [0.4, 0.5) is 15.8 Å². The van der Waals surface area contributed by atoms with E-state index in [1.54, 1.807) is 0 Å². The first-order chi connectivity index (χ1) is 9.11. The Labute approximate surface area is 120 Å². The molecular weight excluding hydrogens is 257 g/mol. The highest BCUT2D eigenvalue weighted by atomic mass is 19.1. The van der Waals surface area contributed by atoms with Gasteiger partial charge in [-0.3, -0.25) is 9.69 Å². The molecule has 3 N–H and O–H groups in total. The Morgan fingerprint density at radius 1 is 1.45 bits per heavy atom. The molecule has 4 nitrogen and oxygen atoms in total. The average Bonchev–Trinajstić information content (AvgIpc) is 2.31. The lowest BCUT2D eigenvalue weighted by atomic mass is 9.87. The van der Waals surface area contributed by atoms with Gasteiger partial charge in [0.15, 0.2) is 0 Å². The quantitative estimate of drug-likeness (QED) is 0.834. The van der Waals surface area contributed by atoms with E-state index in [2.05, 4.69) is 33.0 Å². The second-order valence-electron chi connectivity index (χ2n) is 6.24. The Morgan fingerprint density at radius 2 is 2.05 bits per heavy atom. The van der Waals surface area contributed by atoms with E-state index in [4.69, 9.17) is 5.73 Å². The second kappa shape index (κ2) is 6.22. The zero-order valence-corrected chi connectivity index (χ0v) is 12.8. The lowest BCUT2D eigenvalue weighted by Gasteiger charge is -2.34. The van der Waals surface area contributed by atoms with Gasteiger partial charge in [-0.1, -0.05) is 20.8 Å². The van der Waals surface area contributed by atoms with Gasteiger partial charge in [0.05, 0.1) is 12.2 Å². The van der Waals surface area contributed by atoms with Crippen molar-refractivity contribution in [2.45, 2.75) is 33.7 Å². The number of rotatable bonds is 4. The van der Waals surface area contributed by atoms with Crippen molar-refractivity contribution < 1.29 is 9.18 Å². The third kappa shape index (κ3) is 4.49. The minimum atomic E-state index is -0.485. The first-order valence-electron chi connectivity index (χ1n) is 6.66. The topological polar surface area (TPSA) is 58.4 Å². The van der Waals surface area contributed by atoms with Crippen LogP contribution in [0.3, 0.4) is 0 Å². The number of carbonyl (C=O) groups excluding carboxylic acids is 1. The van der Waals surface area contributed by atoms with Crippen LogP contribution in [0.25, 0.3) is 0 Å². The van der Waals surface area contributed by atoms with Crippen LogP contribution in [-0.4, -0.2) is 30.4 Å². The lowest BCUT2D eigenvalue weighted by molar-refractivity contribution is -0.117. The molecule has 0 aliphatic carbocycles. The SMILES string of the molecule is CC(N(C)CC(=O)Nc1ccc(F)c(N)c1)C(C)(C)C. The number of nitrogens with one attached hydrogen (secondary N) is 1. The number of carbonyl (C=O) groups is 1. The van der Waals surface area contributed by atoms with E-state index < -0.39 is 5.82 Å². The van der Waals surface area contributed by atoms with Gasteiger partial charge in [-0.15, -0.1) is 0 Å². The Bertz CT molecular complexity index is 482. The molecule has 112 valence electrons. The van der Waals surface area contributed by atoms with E-state index in [0.29, 0.717) is 5.69 Å². The molecule has 5 heteroatoms. The highest BCUT2D eigenvalue weighted by Gasteiger charge is 2.24. The number of hydrogen-bond acceptors (Lipinski definition) is 3. The summed E-state index contributed by atoms with van der Waals surface area (Å²) in [5.74, 6) is -0.629. The van der Waals surface area contributed by atoms with Gasteiger partial charge in [0.1, 0.15) is 5.82 Å². The fourth-order valence-corrected chi connectivity index (χ4v) is 1.85. The highest BCUT2D eigenvalue weighted by molar-refractivity contribution is 5.92. The number of nitrogens with zero attached hydrogens (tertiary/aromatic N) is 1. The molecule has 1 aromatic rings. The fraction of sp³-hybridized carbons (Fsp3) is 0.533. The smallest absolute Gasteiger partial charge is 0.238 e. The average molecular weight is 281 g/mol. The highest BCUT2D eigenvalue weighted by Crippen LogP contribution is 2.23. The van der Waals surface area contributed by atoms with Crippen LogP contribution in [0.15, 0.2) is 18.2 Å². The predicted molar refractivity (Wildman–Crippen MR) is 81.0 cm³/mol. The van der Waals surface area contributed by atoms with Crippen molar-refractivity contribution in [1.29, 1.82) is 0 Å². The Morgan fingerprint density at radius 3 is 2.55 bits per heavy atom. The van der Waals surface area contributed by atoms with Gasteiger partial charge in [0.2, 0.25) is 5.91 Å². The summed E-state index contributed by atoms with van der Waals surface area (Å²) in [7, 11) is 1.91. The van der Waals surface area contributed by atoms with Crippen molar-refractivity contribution in [3.63, 3.8) is 0 Å². The molecule has 1 rings (SSSR count). The van der Waals surface area contributed by atoms with Crippen molar-refractivity contribution in [1.82, 2.24) is 4.90 Å². The van der Waals surface area contributed by atoms with Crippen LogP contribution in [0, 0.1) is 11.2 Å². The van der Waals surface area contributed by atoms with Crippen molar-refractivity contribution in [2.75, 3.05) is 24.6 Å². The minimum Gasteiger partial charge on any atom is -0.396 e. The minimum absolute atomic E-state index is 0.0271.